The lowest BCUT2D eigenvalue weighted by Crippen LogP contribution is -2.31. The van der Waals surface area contributed by atoms with Gasteiger partial charge in [-0.2, -0.15) is 0 Å². The number of nitrogens with two attached hydrogens (primary N) is 1. The lowest BCUT2D eigenvalue weighted by atomic mass is 9.90. The molecule has 0 radical (unpaired) electrons. The molecule has 1 aromatic rings. The van der Waals surface area contributed by atoms with Gasteiger partial charge >= 0.3 is 0 Å². The van der Waals surface area contributed by atoms with E-state index >= 15 is 0 Å². The number of aryl methyl sites for hydroxylation is 1. The molecule has 0 bridgehead atoms. The van der Waals surface area contributed by atoms with Crippen molar-refractivity contribution in [1.82, 2.24) is 0 Å². The first-order valence-corrected chi connectivity index (χ1v) is 6.38. The summed E-state index contributed by atoms with van der Waals surface area (Å²) in [6.45, 7) is 6.86. The molecule has 0 aliphatic carbocycles. The summed E-state index contributed by atoms with van der Waals surface area (Å²) in [5.74, 6) is 0.904. The quantitative estimate of drug-likeness (QED) is 0.788. The summed E-state index contributed by atoms with van der Waals surface area (Å²) in [5.41, 5.74) is 6.84. The van der Waals surface area contributed by atoms with Crippen molar-refractivity contribution in [1.29, 1.82) is 0 Å². The van der Waals surface area contributed by atoms with Gasteiger partial charge in [0.1, 0.15) is 5.75 Å². The van der Waals surface area contributed by atoms with Crippen molar-refractivity contribution >= 4 is 17.2 Å². The van der Waals surface area contributed by atoms with Gasteiger partial charge in [0, 0.05) is 5.41 Å². The highest BCUT2D eigenvalue weighted by Crippen LogP contribution is 2.21. The Morgan fingerprint density at radius 3 is 2.35 bits per heavy atom. The Hall–Kier alpha value is -1.09. The minimum absolute atomic E-state index is 0.140. The van der Waals surface area contributed by atoms with Gasteiger partial charge in [0.15, 0.2) is 0 Å². The molecule has 3 heteroatoms. The summed E-state index contributed by atoms with van der Waals surface area (Å²) in [6, 6.07) is 8.20. The molecule has 0 saturated heterocycles. The second-order valence-corrected chi connectivity index (χ2v) is 5.28. The molecule has 17 heavy (non-hydrogen) atoms. The van der Waals surface area contributed by atoms with Crippen LogP contribution < -0.4 is 10.5 Å². The van der Waals surface area contributed by atoms with Gasteiger partial charge in [-0.3, -0.25) is 0 Å². The van der Waals surface area contributed by atoms with Crippen LogP contribution in [0.3, 0.4) is 0 Å². The smallest absolute Gasteiger partial charge is 0.119 e. The Kier molecular flexibility index (Phi) is 4.94. The Labute approximate surface area is 109 Å². The lowest BCUT2D eigenvalue weighted by Gasteiger charge is -2.22. The van der Waals surface area contributed by atoms with Gasteiger partial charge in [0.05, 0.1) is 11.6 Å². The molecule has 0 heterocycles. The number of benzene rings is 1. The molecule has 0 atom stereocenters. The monoisotopic (exact) mass is 251 g/mol. The third-order valence-corrected chi connectivity index (χ3v) is 3.55. The van der Waals surface area contributed by atoms with Crippen LogP contribution in [-0.4, -0.2) is 11.6 Å². The molecule has 1 rings (SSSR count). The maximum atomic E-state index is 5.68. The van der Waals surface area contributed by atoms with E-state index in [1.165, 1.54) is 5.56 Å². The van der Waals surface area contributed by atoms with Crippen molar-refractivity contribution in [2.24, 2.45) is 11.1 Å². The third kappa shape index (κ3) is 4.35. The zero-order chi connectivity index (χ0) is 12.9. The van der Waals surface area contributed by atoms with Gasteiger partial charge in [-0.1, -0.05) is 45.1 Å². The molecule has 0 amide bonds. The highest BCUT2D eigenvalue weighted by atomic mass is 32.1. The predicted octanol–water partition coefficient (Wildman–Crippen LogP) is 3.33. The fraction of sp³-hybridized carbons (Fsp3) is 0.500. The standard InChI is InChI=1S/C14H21NOS/c1-4-11-5-7-12(8-6-11)16-10-9-14(2,3)13(15)17/h5-8H,4,9-10H2,1-3H3,(H2,15,17). The summed E-state index contributed by atoms with van der Waals surface area (Å²) >= 11 is 5.02. The number of thiocarbonyl (C=S) groups is 1. The fourth-order valence-electron chi connectivity index (χ4n) is 1.37. The number of hydrogen-bond donors (Lipinski definition) is 1. The van der Waals surface area contributed by atoms with Gasteiger partial charge in [-0.15, -0.1) is 0 Å². The molecule has 2 nitrogen and oxygen atoms in total. The van der Waals surface area contributed by atoms with E-state index in [1.54, 1.807) is 0 Å². The number of ether oxygens (including phenoxy) is 1. The summed E-state index contributed by atoms with van der Waals surface area (Å²) in [5, 5.41) is 0. The fourth-order valence-corrected chi connectivity index (χ4v) is 1.47. The van der Waals surface area contributed by atoms with Crippen LogP contribution in [0, 0.1) is 5.41 Å². The zero-order valence-corrected chi connectivity index (χ0v) is 11.6. The van der Waals surface area contributed by atoms with E-state index in [0.29, 0.717) is 11.6 Å². The Balaban J connectivity index is 2.43. The van der Waals surface area contributed by atoms with Crippen LogP contribution in [-0.2, 0) is 6.42 Å². The molecule has 2 N–H and O–H groups in total. The lowest BCUT2D eigenvalue weighted by molar-refractivity contribution is 0.270. The molecule has 0 aliphatic heterocycles. The summed E-state index contributed by atoms with van der Waals surface area (Å²) in [4.78, 5) is 0.544. The van der Waals surface area contributed by atoms with E-state index in [9.17, 15) is 0 Å². The molecule has 94 valence electrons. The maximum Gasteiger partial charge on any atom is 0.119 e. The number of rotatable bonds is 6. The molecular formula is C14H21NOS. The molecule has 0 unspecified atom stereocenters. The summed E-state index contributed by atoms with van der Waals surface area (Å²) in [7, 11) is 0. The van der Waals surface area contributed by atoms with Gasteiger partial charge in [-0.25, -0.2) is 0 Å². The van der Waals surface area contributed by atoms with E-state index < -0.39 is 0 Å². The van der Waals surface area contributed by atoms with Crippen LogP contribution in [0.4, 0.5) is 0 Å². The topological polar surface area (TPSA) is 35.2 Å². The average molecular weight is 251 g/mol. The maximum absolute atomic E-state index is 5.68. The van der Waals surface area contributed by atoms with E-state index in [-0.39, 0.29) is 5.41 Å². The van der Waals surface area contributed by atoms with Gasteiger partial charge in [0.25, 0.3) is 0 Å². The second-order valence-electron chi connectivity index (χ2n) is 4.84. The van der Waals surface area contributed by atoms with Crippen molar-refractivity contribution in [3.05, 3.63) is 29.8 Å². The second kappa shape index (κ2) is 6.01. The third-order valence-electron chi connectivity index (χ3n) is 2.99. The first kappa shape index (κ1) is 14.0. The summed E-state index contributed by atoms with van der Waals surface area (Å²) in [6.07, 6.45) is 1.88. The van der Waals surface area contributed by atoms with Gasteiger partial charge in [-0.05, 0) is 30.5 Å². The molecule has 0 aliphatic rings. The van der Waals surface area contributed by atoms with Crippen molar-refractivity contribution < 1.29 is 4.74 Å². The van der Waals surface area contributed by atoms with Crippen LogP contribution in [0.1, 0.15) is 32.8 Å². The Morgan fingerprint density at radius 1 is 1.29 bits per heavy atom. The molecular weight excluding hydrogens is 230 g/mol. The van der Waals surface area contributed by atoms with Gasteiger partial charge < -0.3 is 10.5 Å². The van der Waals surface area contributed by atoms with Crippen LogP contribution >= 0.6 is 12.2 Å². The molecule has 0 saturated carbocycles. The van der Waals surface area contributed by atoms with E-state index in [2.05, 4.69) is 19.1 Å². The largest absolute Gasteiger partial charge is 0.494 e. The Morgan fingerprint density at radius 2 is 1.88 bits per heavy atom. The summed E-state index contributed by atoms with van der Waals surface area (Å²) < 4.78 is 5.68. The minimum Gasteiger partial charge on any atom is -0.494 e. The van der Waals surface area contributed by atoms with Crippen LogP contribution in [0.5, 0.6) is 5.75 Å². The molecule has 0 fully saturated rings. The SMILES string of the molecule is CCc1ccc(OCCC(C)(C)C(N)=S)cc1. The molecule has 1 aromatic carbocycles. The van der Waals surface area contributed by atoms with E-state index in [4.69, 9.17) is 22.7 Å². The van der Waals surface area contributed by atoms with Crippen LogP contribution in [0.15, 0.2) is 24.3 Å². The molecule has 0 aromatic heterocycles. The average Bonchev–Trinajstić information content (AvgIpc) is 2.29. The van der Waals surface area contributed by atoms with E-state index in [1.807, 2.05) is 26.0 Å². The van der Waals surface area contributed by atoms with Crippen molar-refractivity contribution in [2.75, 3.05) is 6.61 Å². The zero-order valence-electron chi connectivity index (χ0n) is 10.8. The van der Waals surface area contributed by atoms with Crippen LogP contribution in [0.25, 0.3) is 0 Å². The normalized spacial score (nSPS) is 11.2. The predicted molar refractivity (Wildman–Crippen MR) is 76.5 cm³/mol. The van der Waals surface area contributed by atoms with Crippen molar-refractivity contribution in [3.63, 3.8) is 0 Å². The van der Waals surface area contributed by atoms with E-state index in [0.717, 1.165) is 18.6 Å². The van der Waals surface area contributed by atoms with Gasteiger partial charge in [0.2, 0.25) is 0 Å². The molecule has 0 spiro atoms. The van der Waals surface area contributed by atoms with Crippen molar-refractivity contribution in [3.8, 4) is 5.75 Å². The Bertz CT molecular complexity index is 370. The number of hydrogen-bond acceptors (Lipinski definition) is 2. The van der Waals surface area contributed by atoms with Crippen LogP contribution in [0.2, 0.25) is 0 Å². The first-order valence-electron chi connectivity index (χ1n) is 5.97. The minimum atomic E-state index is -0.140. The van der Waals surface area contributed by atoms with Crippen molar-refractivity contribution in [2.45, 2.75) is 33.6 Å². The first-order chi connectivity index (χ1) is 7.95. The highest BCUT2D eigenvalue weighted by Gasteiger charge is 2.20. The highest BCUT2D eigenvalue weighted by molar-refractivity contribution is 7.80.